The maximum Gasteiger partial charge on any atom is 0.269 e. The highest BCUT2D eigenvalue weighted by Gasteiger charge is 2.60. The average Bonchev–Trinajstić information content (AvgIpc) is 3.43. The first kappa shape index (κ1) is 24.3. The van der Waals surface area contributed by atoms with Crippen molar-refractivity contribution >= 4 is 28.9 Å². The van der Waals surface area contributed by atoms with E-state index in [9.17, 15) is 19.7 Å². The fourth-order valence-electron chi connectivity index (χ4n) is 4.73. The van der Waals surface area contributed by atoms with Crippen LogP contribution >= 0.6 is 0 Å². The molecule has 2 fully saturated rings. The van der Waals surface area contributed by atoms with Crippen LogP contribution in [0.3, 0.4) is 0 Å². The fourth-order valence-corrected chi connectivity index (χ4v) is 4.73. The van der Waals surface area contributed by atoms with Gasteiger partial charge < -0.3 is 9.47 Å². The molecule has 3 aromatic rings. The number of fused-ring (bicyclic) bond motifs is 1. The van der Waals surface area contributed by atoms with Crippen molar-refractivity contribution in [1.82, 2.24) is 0 Å². The number of imide groups is 1. The van der Waals surface area contributed by atoms with Gasteiger partial charge in [0.25, 0.3) is 11.6 Å². The van der Waals surface area contributed by atoms with Gasteiger partial charge >= 0.3 is 0 Å². The molecule has 5 rings (SSSR count). The molecule has 2 aliphatic rings. The smallest absolute Gasteiger partial charge is 0.269 e. The second kappa shape index (κ2) is 9.90. The van der Waals surface area contributed by atoms with Crippen LogP contribution < -0.4 is 19.4 Å². The van der Waals surface area contributed by atoms with E-state index in [1.807, 2.05) is 43.3 Å². The number of non-ortho nitro benzene ring substituents is 1. The number of hydroxylamine groups is 1. The van der Waals surface area contributed by atoms with Crippen LogP contribution in [0.15, 0.2) is 72.8 Å². The van der Waals surface area contributed by atoms with E-state index in [1.54, 1.807) is 24.3 Å². The summed E-state index contributed by atoms with van der Waals surface area (Å²) in [5.41, 5.74) is 1.52. The molecule has 0 N–H and O–H groups in total. The lowest BCUT2D eigenvalue weighted by atomic mass is 9.90. The Kier molecular flexibility index (Phi) is 6.49. The van der Waals surface area contributed by atoms with Crippen molar-refractivity contribution in [3.05, 3.63) is 88.5 Å². The first-order chi connectivity index (χ1) is 17.9. The molecule has 10 nitrogen and oxygen atoms in total. The number of ether oxygens (including phenoxy) is 2. The van der Waals surface area contributed by atoms with Crippen LogP contribution in [0.25, 0.3) is 0 Å². The molecule has 0 aliphatic carbocycles. The Bertz CT molecular complexity index is 1330. The Hall–Kier alpha value is -4.44. The lowest BCUT2D eigenvalue weighted by molar-refractivity contribution is -0.384. The SMILES string of the molecule is CCCOc1ccc([C@H]2[C@H]3C(=O)N(c4ccc([N+](=O)[O-])cc4)C(=O)[C@H]3ON2c2ccccc2)cc1OC. The third kappa shape index (κ3) is 4.25. The highest BCUT2D eigenvalue weighted by atomic mass is 16.7. The number of nitro groups is 1. The van der Waals surface area contributed by atoms with Gasteiger partial charge in [-0.05, 0) is 48.4 Å². The van der Waals surface area contributed by atoms with Gasteiger partial charge in [0.2, 0.25) is 5.91 Å². The standard InChI is InChI=1S/C27H25N3O7/c1-3-15-36-21-14-9-17(16-22(21)35-2)24-23-25(37-29(24)19-7-5-4-6-8-19)27(32)28(26(23)31)18-10-12-20(13-11-18)30(33)34/h4-14,16,23-25H,3,15H2,1-2H3/t23-,24+,25+/m1/s1. The number of carbonyl (C=O) groups is 2. The van der Waals surface area contributed by atoms with Gasteiger partial charge in [-0.15, -0.1) is 0 Å². The molecule has 2 saturated heterocycles. The number of hydrogen-bond donors (Lipinski definition) is 0. The number of nitrogens with zero attached hydrogens (tertiary/aromatic N) is 3. The number of hydrogen-bond acceptors (Lipinski definition) is 8. The summed E-state index contributed by atoms with van der Waals surface area (Å²) in [6.45, 7) is 2.54. The zero-order valence-electron chi connectivity index (χ0n) is 20.3. The van der Waals surface area contributed by atoms with E-state index in [0.717, 1.165) is 11.3 Å². The summed E-state index contributed by atoms with van der Waals surface area (Å²) < 4.78 is 11.3. The third-order valence-corrected chi connectivity index (χ3v) is 6.44. The van der Waals surface area contributed by atoms with Crippen LogP contribution in [-0.2, 0) is 14.4 Å². The first-order valence-corrected chi connectivity index (χ1v) is 11.9. The zero-order valence-corrected chi connectivity index (χ0v) is 20.3. The van der Waals surface area contributed by atoms with E-state index in [0.29, 0.717) is 29.4 Å². The predicted molar refractivity (Wildman–Crippen MR) is 134 cm³/mol. The lowest BCUT2D eigenvalue weighted by Gasteiger charge is -2.29. The van der Waals surface area contributed by atoms with E-state index in [-0.39, 0.29) is 11.4 Å². The molecular formula is C27H25N3O7. The third-order valence-electron chi connectivity index (χ3n) is 6.44. The molecular weight excluding hydrogens is 478 g/mol. The number of amides is 2. The van der Waals surface area contributed by atoms with Crippen LogP contribution in [0.1, 0.15) is 24.9 Å². The Morgan fingerprint density at radius 3 is 2.32 bits per heavy atom. The summed E-state index contributed by atoms with van der Waals surface area (Å²) in [6, 6.07) is 19.3. The number of rotatable bonds is 8. The molecule has 0 radical (unpaired) electrons. The molecule has 2 amide bonds. The zero-order chi connectivity index (χ0) is 26.1. The Morgan fingerprint density at radius 1 is 0.946 bits per heavy atom. The van der Waals surface area contributed by atoms with Gasteiger partial charge in [-0.3, -0.25) is 24.5 Å². The summed E-state index contributed by atoms with van der Waals surface area (Å²) in [6.07, 6.45) is -0.225. The summed E-state index contributed by atoms with van der Waals surface area (Å²) in [7, 11) is 1.54. The molecule has 2 heterocycles. The molecule has 0 spiro atoms. The number of methoxy groups -OCH3 is 1. The van der Waals surface area contributed by atoms with Crippen LogP contribution in [0.5, 0.6) is 11.5 Å². The first-order valence-electron chi connectivity index (χ1n) is 11.9. The van der Waals surface area contributed by atoms with Crippen molar-refractivity contribution in [1.29, 1.82) is 0 Å². The summed E-state index contributed by atoms with van der Waals surface area (Å²) in [5, 5.41) is 12.6. The van der Waals surface area contributed by atoms with Crippen LogP contribution in [0, 0.1) is 16.0 Å². The van der Waals surface area contributed by atoms with Crippen molar-refractivity contribution in [2.75, 3.05) is 23.7 Å². The molecule has 0 unspecified atom stereocenters. The van der Waals surface area contributed by atoms with Crippen molar-refractivity contribution in [2.24, 2.45) is 5.92 Å². The largest absolute Gasteiger partial charge is 0.493 e. The Balaban J connectivity index is 1.55. The van der Waals surface area contributed by atoms with Gasteiger partial charge in [0, 0.05) is 12.1 Å². The predicted octanol–water partition coefficient (Wildman–Crippen LogP) is 4.44. The van der Waals surface area contributed by atoms with Crippen molar-refractivity contribution in [2.45, 2.75) is 25.5 Å². The molecule has 10 heteroatoms. The van der Waals surface area contributed by atoms with E-state index >= 15 is 0 Å². The minimum atomic E-state index is -1.06. The fraction of sp³-hybridized carbons (Fsp3) is 0.259. The number of carbonyl (C=O) groups excluding carboxylic acids is 2. The molecule has 0 aromatic heterocycles. The van der Waals surface area contributed by atoms with Crippen LogP contribution in [-0.4, -0.2) is 36.6 Å². The summed E-state index contributed by atoms with van der Waals surface area (Å²) in [4.78, 5) is 44.9. The molecule has 37 heavy (non-hydrogen) atoms. The molecule has 3 aromatic carbocycles. The average molecular weight is 504 g/mol. The van der Waals surface area contributed by atoms with Gasteiger partial charge in [-0.1, -0.05) is 31.2 Å². The molecule has 190 valence electrons. The van der Waals surface area contributed by atoms with Crippen LogP contribution in [0.2, 0.25) is 0 Å². The minimum absolute atomic E-state index is 0.134. The van der Waals surface area contributed by atoms with E-state index in [4.69, 9.17) is 14.3 Å². The monoisotopic (exact) mass is 503 g/mol. The molecule has 3 atom stereocenters. The Labute approximate surface area is 213 Å². The number of nitro benzene ring substituents is 1. The van der Waals surface area contributed by atoms with Gasteiger partial charge in [0.15, 0.2) is 17.6 Å². The topological polar surface area (TPSA) is 111 Å². The summed E-state index contributed by atoms with van der Waals surface area (Å²) >= 11 is 0. The number of benzene rings is 3. The summed E-state index contributed by atoms with van der Waals surface area (Å²) in [5.74, 6) is -0.739. The minimum Gasteiger partial charge on any atom is -0.493 e. The maximum atomic E-state index is 13.7. The van der Waals surface area contributed by atoms with Gasteiger partial charge in [0.1, 0.15) is 5.92 Å². The van der Waals surface area contributed by atoms with Gasteiger partial charge in [-0.25, -0.2) is 9.96 Å². The number of para-hydroxylation sites is 1. The molecule has 0 saturated carbocycles. The highest BCUT2D eigenvalue weighted by molar-refractivity contribution is 6.24. The van der Waals surface area contributed by atoms with E-state index in [2.05, 4.69) is 0 Å². The normalized spacial score (nSPS) is 20.8. The van der Waals surface area contributed by atoms with E-state index in [1.165, 1.54) is 24.3 Å². The van der Waals surface area contributed by atoms with Gasteiger partial charge in [-0.2, -0.15) is 0 Å². The van der Waals surface area contributed by atoms with Crippen molar-refractivity contribution in [3.8, 4) is 11.5 Å². The molecule has 2 aliphatic heterocycles. The molecule has 0 bridgehead atoms. The van der Waals surface area contributed by atoms with Crippen LogP contribution in [0.4, 0.5) is 17.1 Å². The van der Waals surface area contributed by atoms with Crippen molar-refractivity contribution < 1.29 is 28.8 Å². The Morgan fingerprint density at radius 2 is 1.68 bits per heavy atom. The second-order valence-corrected chi connectivity index (χ2v) is 8.70. The lowest BCUT2D eigenvalue weighted by Crippen LogP contribution is -2.37. The quantitative estimate of drug-likeness (QED) is 0.252. The highest BCUT2D eigenvalue weighted by Crippen LogP contribution is 2.48. The van der Waals surface area contributed by atoms with Crippen molar-refractivity contribution in [3.63, 3.8) is 0 Å². The number of anilines is 2. The van der Waals surface area contributed by atoms with Gasteiger partial charge in [0.05, 0.1) is 36.1 Å². The second-order valence-electron chi connectivity index (χ2n) is 8.70. The van der Waals surface area contributed by atoms with E-state index < -0.39 is 34.8 Å². The maximum absolute atomic E-state index is 13.7.